The van der Waals surface area contributed by atoms with E-state index >= 15 is 0 Å². The second kappa shape index (κ2) is 7.36. The Labute approximate surface area is 165 Å². The largest absolute Gasteiger partial charge is 0.325 e. The minimum absolute atomic E-state index is 0.153. The van der Waals surface area contributed by atoms with Crippen LogP contribution in [0.25, 0.3) is 16.2 Å². The molecule has 0 unspecified atom stereocenters. The van der Waals surface area contributed by atoms with Crippen molar-refractivity contribution < 1.29 is 4.79 Å². The molecule has 2 aromatic heterocycles. The number of aromatic nitrogens is 3. The number of anilines is 1. The van der Waals surface area contributed by atoms with Gasteiger partial charge in [-0.25, -0.2) is 4.52 Å². The summed E-state index contributed by atoms with van der Waals surface area (Å²) in [7, 11) is 0. The highest BCUT2D eigenvalue weighted by molar-refractivity contribution is 7.15. The second-order valence-corrected chi connectivity index (χ2v) is 7.34. The van der Waals surface area contributed by atoms with Crippen LogP contribution in [0, 0.1) is 6.92 Å². The zero-order valence-corrected chi connectivity index (χ0v) is 16.2. The molecule has 0 saturated carbocycles. The van der Waals surface area contributed by atoms with E-state index in [2.05, 4.69) is 15.4 Å². The monoisotopic (exact) mass is 390 g/mol. The fourth-order valence-electron chi connectivity index (χ4n) is 2.97. The average Bonchev–Trinajstić information content (AvgIpc) is 3.07. The lowest BCUT2D eigenvalue weighted by Gasteiger charge is -2.15. The van der Waals surface area contributed by atoms with Gasteiger partial charge in [-0.2, -0.15) is 10.1 Å². The summed E-state index contributed by atoms with van der Waals surface area (Å²) in [6.45, 7) is 3.75. The van der Waals surface area contributed by atoms with E-state index in [9.17, 15) is 9.59 Å². The number of nitrogens with zero attached hydrogens (tertiary/aromatic N) is 3. The zero-order valence-electron chi connectivity index (χ0n) is 15.4. The van der Waals surface area contributed by atoms with Crippen LogP contribution < -0.4 is 10.9 Å². The smallest absolute Gasteiger partial charge is 0.300 e. The van der Waals surface area contributed by atoms with E-state index in [1.165, 1.54) is 11.3 Å². The number of para-hydroxylation sites is 1. The maximum atomic E-state index is 12.8. The molecule has 7 heteroatoms. The van der Waals surface area contributed by atoms with E-state index in [1.807, 2.05) is 61.7 Å². The number of hydrogen-bond donors (Lipinski definition) is 1. The summed E-state index contributed by atoms with van der Waals surface area (Å²) in [5, 5.41) is 9.31. The van der Waals surface area contributed by atoms with Gasteiger partial charge in [0.1, 0.15) is 0 Å². The number of carbonyl (C=O) groups excluding carboxylic acids is 1. The molecule has 1 N–H and O–H groups in total. The molecule has 1 amide bonds. The summed E-state index contributed by atoms with van der Waals surface area (Å²) in [5.74, 6) is -0.484. The molecule has 0 aliphatic carbocycles. The van der Waals surface area contributed by atoms with Crippen molar-refractivity contribution in [1.29, 1.82) is 0 Å². The van der Waals surface area contributed by atoms with Crippen molar-refractivity contribution >= 4 is 27.9 Å². The number of aryl methyl sites for hydroxylation is 1. The van der Waals surface area contributed by atoms with Crippen molar-refractivity contribution in [2.75, 3.05) is 5.32 Å². The first kappa shape index (κ1) is 18.1. The molecule has 2 heterocycles. The highest BCUT2D eigenvalue weighted by Crippen LogP contribution is 2.26. The van der Waals surface area contributed by atoms with Gasteiger partial charge >= 0.3 is 5.56 Å². The third-order valence-electron chi connectivity index (χ3n) is 4.58. The first-order valence-corrected chi connectivity index (χ1v) is 9.73. The number of hydrogen-bond acceptors (Lipinski definition) is 5. The van der Waals surface area contributed by atoms with E-state index in [0.717, 1.165) is 11.3 Å². The van der Waals surface area contributed by atoms with Crippen LogP contribution in [0.1, 0.15) is 24.1 Å². The van der Waals surface area contributed by atoms with Crippen LogP contribution in [0.2, 0.25) is 0 Å². The van der Waals surface area contributed by atoms with E-state index in [4.69, 9.17) is 0 Å². The van der Waals surface area contributed by atoms with Gasteiger partial charge in [-0.3, -0.25) is 9.59 Å². The van der Waals surface area contributed by atoms with Crippen molar-refractivity contribution in [2.24, 2.45) is 0 Å². The van der Waals surface area contributed by atoms with Crippen molar-refractivity contribution in [2.45, 2.75) is 19.8 Å². The minimum atomic E-state index is -0.417. The fourth-order valence-corrected chi connectivity index (χ4v) is 3.76. The van der Waals surface area contributed by atoms with Gasteiger partial charge in [-0.15, -0.1) is 11.3 Å². The predicted molar refractivity (Wildman–Crippen MR) is 111 cm³/mol. The van der Waals surface area contributed by atoms with Crippen molar-refractivity contribution in [1.82, 2.24) is 14.6 Å². The third-order valence-corrected chi connectivity index (χ3v) is 5.52. The quantitative estimate of drug-likeness (QED) is 0.574. The maximum Gasteiger partial charge on any atom is 0.300 e. The Morgan fingerprint density at radius 1 is 1.11 bits per heavy atom. The Bertz CT molecular complexity index is 1210. The number of amides is 1. The topological polar surface area (TPSA) is 76.4 Å². The van der Waals surface area contributed by atoms with Gasteiger partial charge in [0.15, 0.2) is 5.69 Å². The molecule has 6 nitrogen and oxygen atoms in total. The van der Waals surface area contributed by atoms with Crippen molar-refractivity contribution in [3.8, 4) is 11.3 Å². The lowest BCUT2D eigenvalue weighted by atomic mass is 10.00. The molecule has 4 rings (SSSR count). The lowest BCUT2D eigenvalue weighted by molar-refractivity contribution is -0.117. The number of thiazole rings is 1. The fraction of sp³-hybridized carbons (Fsp3) is 0.143. The molecule has 0 aliphatic rings. The molecule has 140 valence electrons. The average molecular weight is 390 g/mol. The number of rotatable bonds is 4. The van der Waals surface area contributed by atoms with Gasteiger partial charge in [0.05, 0.1) is 17.3 Å². The van der Waals surface area contributed by atoms with Gasteiger partial charge in [0, 0.05) is 10.9 Å². The lowest BCUT2D eigenvalue weighted by Crippen LogP contribution is -2.21. The summed E-state index contributed by atoms with van der Waals surface area (Å²) < 4.78 is 1.65. The first-order chi connectivity index (χ1) is 13.5. The van der Waals surface area contributed by atoms with Crippen LogP contribution >= 0.6 is 11.3 Å². The Balaban J connectivity index is 1.72. The van der Waals surface area contributed by atoms with Gasteiger partial charge in [0.25, 0.3) is 0 Å². The van der Waals surface area contributed by atoms with Crippen molar-refractivity contribution in [3.05, 3.63) is 81.6 Å². The summed E-state index contributed by atoms with van der Waals surface area (Å²) in [5.41, 5.74) is 2.70. The highest BCUT2D eigenvalue weighted by Gasteiger charge is 2.19. The van der Waals surface area contributed by atoms with Gasteiger partial charge in [0.2, 0.25) is 10.9 Å². The Kier molecular flexibility index (Phi) is 4.75. The van der Waals surface area contributed by atoms with Crippen LogP contribution in [0.4, 0.5) is 5.69 Å². The van der Waals surface area contributed by atoms with E-state index < -0.39 is 5.56 Å². The maximum absolute atomic E-state index is 12.8. The standard InChI is InChI=1S/C21H18N4O2S/c1-13-12-28-21-23-20(27)18(24-25(13)21)16-10-6-7-11-17(16)22-19(26)14(2)15-8-4-3-5-9-15/h3-12,14H,1-2H3,(H,22,26)/t14-/m0/s1. The molecule has 0 radical (unpaired) electrons. The number of benzene rings is 2. The molecule has 2 aromatic carbocycles. The molecule has 28 heavy (non-hydrogen) atoms. The summed E-state index contributed by atoms with van der Waals surface area (Å²) >= 11 is 1.37. The van der Waals surface area contributed by atoms with E-state index in [0.29, 0.717) is 16.2 Å². The molecule has 1 atom stereocenters. The van der Waals surface area contributed by atoms with Crippen molar-refractivity contribution in [3.63, 3.8) is 0 Å². The highest BCUT2D eigenvalue weighted by atomic mass is 32.1. The molecular weight excluding hydrogens is 372 g/mol. The molecular formula is C21H18N4O2S. The van der Waals surface area contributed by atoms with Crippen LogP contribution in [0.3, 0.4) is 0 Å². The normalized spacial score (nSPS) is 12.1. The number of carbonyl (C=O) groups is 1. The van der Waals surface area contributed by atoms with E-state index in [-0.39, 0.29) is 17.5 Å². The minimum Gasteiger partial charge on any atom is -0.325 e. The van der Waals surface area contributed by atoms with Gasteiger partial charge in [-0.05, 0) is 25.5 Å². The molecule has 0 spiro atoms. The first-order valence-electron chi connectivity index (χ1n) is 8.85. The molecule has 0 aliphatic heterocycles. The SMILES string of the molecule is Cc1csc2nc(=O)c(-c3ccccc3NC(=O)[C@@H](C)c3ccccc3)nn12. The summed E-state index contributed by atoms with van der Waals surface area (Å²) in [6, 6.07) is 16.7. The predicted octanol–water partition coefficient (Wildman–Crippen LogP) is 3.87. The van der Waals surface area contributed by atoms with E-state index in [1.54, 1.807) is 16.6 Å². The molecule has 0 fully saturated rings. The summed E-state index contributed by atoms with van der Waals surface area (Å²) in [4.78, 5) is 30.0. The van der Waals surface area contributed by atoms with Gasteiger partial charge in [-0.1, -0.05) is 48.5 Å². The molecule has 0 bridgehead atoms. The Hall–Kier alpha value is -3.32. The number of nitrogens with one attached hydrogen (secondary N) is 1. The zero-order chi connectivity index (χ0) is 19.7. The van der Waals surface area contributed by atoms with Crippen LogP contribution in [0.15, 0.2) is 64.8 Å². The van der Waals surface area contributed by atoms with Crippen LogP contribution in [-0.2, 0) is 4.79 Å². The van der Waals surface area contributed by atoms with Gasteiger partial charge < -0.3 is 5.32 Å². The van der Waals surface area contributed by atoms with Crippen LogP contribution in [-0.4, -0.2) is 20.5 Å². The molecule has 0 saturated heterocycles. The molecule has 4 aromatic rings. The van der Waals surface area contributed by atoms with Crippen LogP contribution in [0.5, 0.6) is 0 Å². The third kappa shape index (κ3) is 3.32. The number of fused-ring (bicyclic) bond motifs is 1. The Morgan fingerprint density at radius 3 is 2.61 bits per heavy atom. The summed E-state index contributed by atoms with van der Waals surface area (Å²) in [6.07, 6.45) is 0. The Morgan fingerprint density at radius 2 is 1.82 bits per heavy atom. The second-order valence-electron chi connectivity index (χ2n) is 6.50.